The van der Waals surface area contributed by atoms with Gasteiger partial charge in [0, 0.05) is 12.6 Å². The standard InChI is InChI=1S/C13H26F3NO3S/c1-7-11(9-20-10(2)13(14,15)16)8-12(3,4)17(5)21(6,18)19/h10-11H,7-9H2,1-6H3. The molecule has 0 aliphatic rings. The van der Waals surface area contributed by atoms with Crippen LogP contribution in [0, 0.1) is 5.92 Å². The van der Waals surface area contributed by atoms with Gasteiger partial charge in [0.1, 0.15) is 0 Å². The van der Waals surface area contributed by atoms with E-state index < -0.39 is 27.8 Å². The lowest BCUT2D eigenvalue weighted by Gasteiger charge is -2.36. The maximum Gasteiger partial charge on any atom is 0.414 e. The zero-order valence-electron chi connectivity index (χ0n) is 13.5. The molecule has 0 spiro atoms. The zero-order chi connectivity index (χ0) is 17.1. The summed E-state index contributed by atoms with van der Waals surface area (Å²) in [6.45, 7) is 6.29. The van der Waals surface area contributed by atoms with Crippen LogP contribution < -0.4 is 0 Å². The summed E-state index contributed by atoms with van der Waals surface area (Å²) in [5.74, 6) is -0.144. The largest absolute Gasteiger partial charge is 0.414 e. The van der Waals surface area contributed by atoms with Crippen LogP contribution in [0.2, 0.25) is 0 Å². The van der Waals surface area contributed by atoms with Gasteiger partial charge in [-0.25, -0.2) is 8.42 Å². The van der Waals surface area contributed by atoms with Crippen molar-refractivity contribution in [3.8, 4) is 0 Å². The number of sulfonamides is 1. The van der Waals surface area contributed by atoms with Gasteiger partial charge in [0.2, 0.25) is 10.0 Å². The summed E-state index contributed by atoms with van der Waals surface area (Å²) in [5.41, 5.74) is -0.681. The Bertz CT molecular complexity index is 421. The molecule has 0 bridgehead atoms. The first-order chi connectivity index (χ1) is 9.21. The molecule has 0 aliphatic heterocycles. The van der Waals surface area contributed by atoms with Crippen LogP contribution in [0.5, 0.6) is 0 Å². The van der Waals surface area contributed by atoms with Crippen LogP contribution in [-0.4, -0.2) is 50.5 Å². The molecule has 21 heavy (non-hydrogen) atoms. The lowest BCUT2D eigenvalue weighted by molar-refractivity contribution is -0.217. The highest BCUT2D eigenvalue weighted by Gasteiger charge is 2.38. The molecular formula is C13H26F3NO3S. The first-order valence-corrected chi connectivity index (χ1v) is 8.69. The van der Waals surface area contributed by atoms with Gasteiger partial charge in [0.15, 0.2) is 6.10 Å². The molecule has 2 unspecified atom stereocenters. The number of hydrogen-bond donors (Lipinski definition) is 0. The Labute approximate surface area is 125 Å². The Morgan fingerprint density at radius 3 is 2.05 bits per heavy atom. The van der Waals surface area contributed by atoms with Crippen LogP contribution in [0.25, 0.3) is 0 Å². The monoisotopic (exact) mass is 333 g/mol. The molecule has 8 heteroatoms. The average Bonchev–Trinajstić information content (AvgIpc) is 2.30. The first kappa shape index (κ1) is 20.7. The van der Waals surface area contributed by atoms with Crippen molar-refractivity contribution in [3.05, 3.63) is 0 Å². The second-order valence-corrected chi connectivity index (χ2v) is 8.05. The second kappa shape index (κ2) is 7.28. The van der Waals surface area contributed by atoms with E-state index in [4.69, 9.17) is 4.74 Å². The molecule has 0 aliphatic carbocycles. The van der Waals surface area contributed by atoms with Crippen LogP contribution in [0.1, 0.15) is 40.5 Å². The number of alkyl halides is 3. The highest BCUT2D eigenvalue weighted by atomic mass is 32.2. The Morgan fingerprint density at radius 2 is 1.71 bits per heavy atom. The molecule has 0 aromatic rings. The molecule has 0 amide bonds. The van der Waals surface area contributed by atoms with Gasteiger partial charge in [0.25, 0.3) is 0 Å². The minimum atomic E-state index is -4.38. The first-order valence-electron chi connectivity index (χ1n) is 6.84. The fraction of sp³-hybridized carbons (Fsp3) is 1.00. The van der Waals surface area contributed by atoms with Crippen molar-refractivity contribution in [1.29, 1.82) is 0 Å². The minimum Gasteiger partial charge on any atom is -0.369 e. The fourth-order valence-corrected chi connectivity index (χ4v) is 2.95. The normalized spacial score (nSPS) is 17.0. The van der Waals surface area contributed by atoms with Crippen molar-refractivity contribution in [2.24, 2.45) is 5.92 Å². The van der Waals surface area contributed by atoms with E-state index in [9.17, 15) is 21.6 Å². The van der Waals surface area contributed by atoms with Gasteiger partial charge < -0.3 is 4.74 Å². The molecule has 0 fully saturated rings. The SMILES string of the molecule is CCC(COC(C)C(F)(F)F)CC(C)(C)N(C)S(C)(=O)=O. The molecule has 2 atom stereocenters. The number of ether oxygens (including phenoxy) is 1. The van der Waals surface area contributed by atoms with Crippen LogP contribution in [0.15, 0.2) is 0 Å². The van der Waals surface area contributed by atoms with E-state index in [-0.39, 0.29) is 12.5 Å². The maximum absolute atomic E-state index is 12.4. The molecule has 0 heterocycles. The summed E-state index contributed by atoms with van der Waals surface area (Å²) in [6.07, 6.45) is -4.04. The van der Waals surface area contributed by atoms with E-state index in [0.29, 0.717) is 12.8 Å². The lowest BCUT2D eigenvalue weighted by atomic mass is 9.89. The summed E-state index contributed by atoms with van der Waals surface area (Å²) in [7, 11) is -1.88. The van der Waals surface area contributed by atoms with Gasteiger partial charge in [0.05, 0.1) is 12.9 Å². The molecule has 128 valence electrons. The Hall–Kier alpha value is -0.340. The topological polar surface area (TPSA) is 46.6 Å². The van der Waals surface area contributed by atoms with Crippen molar-refractivity contribution in [2.75, 3.05) is 19.9 Å². The predicted octanol–water partition coefficient (Wildman–Crippen LogP) is 3.04. The molecule has 0 aromatic heterocycles. The smallest absolute Gasteiger partial charge is 0.369 e. The van der Waals surface area contributed by atoms with Gasteiger partial charge in [-0.1, -0.05) is 13.3 Å². The molecule has 0 aromatic carbocycles. The number of halogens is 3. The van der Waals surface area contributed by atoms with Crippen LogP contribution >= 0.6 is 0 Å². The summed E-state index contributed by atoms with van der Waals surface area (Å²) < 4.78 is 66.5. The van der Waals surface area contributed by atoms with Crippen LogP contribution in [-0.2, 0) is 14.8 Å². The quantitative estimate of drug-likeness (QED) is 0.686. The van der Waals surface area contributed by atoms with E-state index in [1.165, 1.54) is 11.4 Å². The summed E-state index contributed by atoms with van der Waals surface area (Å²) in [4.78, 5) is 0. The number of rotatable bonds is 8. The molecular weight excluding hydrogens is 307 g/mol. The number of nitrogens with zero attached hydrogens (tertiary/aromatic N) is 1. The predicted molar refractivity (Wildman–Crippen MR) is 76.6 cm³/mol. The Kier molecular flexibility index (Phi) is 7.16. The van der Waals surface area contributed by atoms with Crippen molar-refractivity contribution in [3.63, 3.8) is 0 Å². The molecule has 0 saturated heterocycles. The van der Waals surface area contributed by atoms with Gasteiger partial charge in [-0.05, 0) is 33.1 Å². The molecule has 0 N–H and O–H groups in total. The third-order valence-corrected chi connectivity index (χ3v) is 5.25. The van der Waals surface area contributed by atoms with Gasteiger partial charge >= 0.3 is 6.18 Å². The second-order valence-electron chi connectivity index (χ2n) is 6.04. The van der Waals surface area contributed by atoms with Crippen molar-refractivity contribution in [1.82, 2.24) is 4.31 Å². The summed E-state index contributed by atoms with van der Waals surface area (Å²) in [5, 5.41) is 0. The highest BCUT2D eigenvalue weighted by molar-refractivity contribution is 7.88. The van der Waals surface area contributed by atoms with Crippen molar-refractivity contribution in [2.45, 2.75) is 58.4 Å². The number of hydrogen-bond acceptors (Lipinski definition) is 3. The van der Waals surface area contributed by atoms with E-state index in [2.05, 4.69) is 0 Å². The van der Waals surface area contributed by atoms with E-state index in [1.54, 1.807) is 13.8 Å². The third-order valence-electron chi connectivity index (χ3n) is 3.76. The minimum absolute atomic E-state index is 0.0434. The highest BCUT2D eigenvalue weighted by Crippen LogP contribution is 2.28. The van der Waals surface area contributed by atoms with Crippen LogP contribution in [0.4, 0.5) is 13.2 Å². The van der Waals surface area contributed by atoms with E-state index >= 15 is 0 Å². The van der Waals surface area contributed by atoms with Gasteiger partial charge in [-0.3, -0.25) is 0 Å². The average molecular weight is 333 g/mol. The Balaban J connectivity index is 4.71. The molecule has 0 radical (unpaired) electrons. The van der Waals surface area contributed by atoms with Crippen LogP contribution in [0.3, 0.4) is 0 Å². The lowest BCUT2D eigenvalue weighted by Crippen LogP contribution is -2.46. The summed E-state index contributed by atoms with van der Waals surface area (Å²) >= 11 is 0. The summed E-state index contributed by atoms with van der Waals surface area (Å²) in [6, 6.07) is 0. The van der Waals surface area contributed by atoms with Crippen molar-refractivity contribution >= 4 is 10.0 Å². The maximum atomic E-state index is 12.4. The fourth-order valence-electron chi connectivity index (χ4n) is 1.98. The Morgan fingerprint density at radius 1 is 1.24 bits per heavy atom. The van der Waals surface area contributed by atoms with Gasteiger partial charge in [-0.15, -0.1) is 0 Å². The van der Waals surface area contributed by atoms with E-state index in [1.807, 2.05) is 6.92 Å². The molecule has 4 nitrogen and oxygen atoms in total. The van der Waals surface area contributed by atoms with Gasteiger partial charge in [-0.2, -0.15) is 17.5 Å². The zero-order valence-corrected chi connectivity index (χ0v) is 14.3. The van der Waals surface area contributed by atoms with Crippen molar-refractivity contribution < 1.29 is 26.3 Å². The third kappa shape index (κ3) is 6.97. The molecule has 0 rings (SSSR count). The molecule has 0 saturated carbocycles. The van der Waals surface area contributed by atoms with E-state index in [0.717, 1.165) is 13.2 Å².